The lowest BCUT2D eigenvalue weighted by atomic mass is 10.1. The lowest BCUT2D eigenvalue weighted by Crippen LogP contribution is -2.24. The molecule has 1 heterocycles. The smallest absolute Gasteiger partial charge is 0.404 e. The predicted molar refractivity (Wildman–Crippen MR) is 109 cm³/mol. The Morgan fingerprint density at radius 3 is 2.56 bits per heavy atom. The fourth-order valence-corrected chi connectivity index (χ4v) is 2.42. The zero-order valence-corrected chi connectivity index (χ0v) is 16.2. The van der Waals surface area contributed by atoms with Gasteiger partial charge in [-0.3, -0.25) is 4.98 Å². The number of nitrogens with zero attached hydrogens (tertiary/aromatic N) is 2. The van der Waals surface area contributed by atoms with Gasteiger partial charge in [-0.15, -0.1) is 37.1 Å². The van der Waals surface area contributed by atoms with Gasteiger partial charge in [0, 0.05) is 11.6 Å². The Morgan fingerprint density at radius 2 is 1.78 bits per heavy atom. The summed E-state index contributed by atoms with van der Waals surface area (Å²) >= 11 is 0. The first-order chi connectivity index (χ1) is 12.4. The van der Waals surface area contributed by atoms with Gasteiger partial charge in [-0.1, -0.05) is 30.3 Å². The summed E-state index contributed by atoms with van der Waals surface area (Å²) in [5, 5.41) is 3.58. The van der Waals surface area contributed by atoms with Gasteiger partial charge in [0.05, 0.1) is 17.7 Å². The van der Waals surface area contributed by atoms with E-state index in [1.807, 2.05) is 30.3 Å². The number of anilines is 1. The molecule has 3 aromatic rings. The molecule has 0 radical (unpaired) electrons. The molecule has 0 bridgehead atoms. The van der Waals surface area contributed by atoms with Crippen LogP contribution >= 0.6 is 24.0 Å². The Balaban J connectivity index is 0.00000261. The van der Waals surface area contributed by atoms with E-state index < -0.39 is 6.36 Å². The number of alkyl halides is 3. The van der Waals surface area contributed by atoms with Gasteiger partial charge in [-0.2, -0.15) is 0 Å². The number of guanidine groups is 1. The molecule has 5 nitrogen and oxygen atoms in total. The third-order valence-corrected chi connectivity index (χ3v) is 3.53. The van der Waals surface area contributed by atoms with Crippen LogP contribution in [0, 0.1) is 0 Å². The number of halogens is 4. The number of hydrogen-bond donors (Lipinski definition) is 2. The average Bonchev–Trinajstić information content (AvgIpc) is 2.60. The van der Waals surface area contributed by atoms with E-state index in [9.17, 15) is 13.2 Å². The summed E-state index contributed by atoms with van der Waals surface area (Å²) in [5.74, 6) is -0.406. The van der Waals surface area contributed by atoms with Gasteiger partial charge in [0.15, 0.2) is 11.7 Å². The first-order valence-corrected chi connectivity index (χ1v) is 7.67. The summed E-state index contributed by atoms with van der Waals surface area (Å²) in [6, 6.07) is 15.0. The molecule has 0 aliphatic heterocycles. The van der Waals surface area contributed by atoms with Crippen molar-refractivity contribution in [2.75, 3.05) is 5.32 Å². The Hall–Kier alpha value is -2.56. The maximum Gasteiger partial charge on any atom is 0.573 e. The van der Waals surface area contributed by atoms with Crippen LogP contribution < -0.4 is 15.8 Å². The van der Waals surface area contributed by atoms with Crippen LogP contribution in [-0.4, -0.2) is 17.3 Å². The second-order valence-electron chi connectivity index (χ2n) is 5.36. The van der Waals surface area contributed by atoms with Crippen LogP contribution in [0.25, 0.3) is 10.9 Å². The van der Waals surface area contributed by atoms with Gasteiger partial charge in [-0.25, -0.2) is 4.99 Å². The average molecular weight is 488 g/mol. The van der Waals surface area contributed by atoms with Gasteiger partial charge in [0.1, 0.15) is 0 Å². The molecule has 142 valence electrons. The van der Waals surface area contributed by atoms with E-state index in [1.165, 1.54) is 18.2 Å². The first kappa shape index (κ1) is 20.7. The lowest BCUT2D eigenvalue weighted by Gasteiger charge is -2.14. The maximum atomic E-state index is 12.5. The number of aliphatic imine (C=N–C) groups is 1. The van der Waals surface area contributed by atoms with Crippen molar-refractivity contribution in [2.24, 2.45) is 10.7 Å². The molecule has 27 heavy (non-hydrogen) atoms. The van der Waals surface area contributed by atoms with E-state index in [0.29, 0.717) is 0 Å². The molecular weight excluding hydrogens is 472 g/mol. The lowest BCUT2D eigenvalue weighted by molar-refractivity contribution is -0.274. The Kier molecular flexibility index (Phi) is 6.83. The Bertz CT molecular complexity index is 942. The number of aromatic nitrogens is 1. The molecule has 0 unspecified atom stereocenters. The highest BCUT2D eigenvalue weighted by molar-refractivity contribution is 14.0. The Morgan fingerprint density at radius 1 is 1.07 bits per heavy atom. The van der Waals surface area contributed by atoms with Crippen molar-refractivity contribution in [3.63, 3.8) is 0 Å². The number of nitrogens with two attached hydrogens (primary N) is 1. The van der Waals surface area contributed by atoms with Crippen LogP contribution in [0.1, 0.15) is 5.56 Å². The van der Waals surface area contributed by atoms with Crippen LogP contribution in [0.2, 0.25) is 0 Å². The fourth-order valence-electron chi connectivity index (χ4n) is 2.42. The van der Waals surface area contributed by atoms with Gasteiger partial charge in [0.2, 0.25) is 0 Å². The van der Waals surface area contributed by atoms with Gasteiger partial charge in [-0.05, 0) is 29.8 Å². The molecule has 0 aliphatic carbocycles. The Labute approximate surface area is 170 Å². The number of nitrogens with one attached hydrogen (secondary N) is 1. The number of para-hydroxylation sites is 3. The number of rotatable bonds is 4. The fraction of sp³-hybridized carbons (Fsp3) is 0.111. The van der Waals surface area contributed by atoms with E-state index in [-0.39, 0.29) is 47.9 Å². The van der Waals surface area contributed by atoms with E-state index in [4.69, 9.17) is 5.73 Å². The number of ether oxygens (including phenoxy) is 1. The van der Waals surface area contributed by atoms with Crippen molar-refractivity contribution >= 4 is 46.5 Å². The van der Waals surface area contributed by atoms with Crippen LogP contribution in [0.4, 0.5) is 18.9 Å². The summed E-state index contributed by atoms with van der Waals surface area (Å²) < 4.78 is 41.4. The van der Waals surface area contributed by atoms with Gasteiger partial charge >= 0.3 is 6.36 Å². The summed E-state index contributed by atoms with van der Waals surface area (Å²) in [4.78, 5) is 8.46. The quantitative estimate of drug-likeness (QED) is 0.318. The minimum Gasteiger partial charge on any atom is -0.404 e. The van der Waals surface area contributed by atoms with Crippen molar-refractivity contribution in [3.8, 4) is 5.75 Å². The molecule has 3 rings (SSSR count). The monoisotopic (exact) mass is 488 g/mol. The second kappa shape index (κ2) is 8.89. The minimum absolute atomic E-state index is 0. The standard InChI is InChI=1S/C18H15F3N4O.HI/c19-18(20,21)26-16-8-4-3-7-15(16)25-17(22)24-11-12-9-10-23-14-6-2-1-5-13(12)14;/h1-10H,11H2,(H3,22,24,25);1H. The molecule has 1 aromatic heterocycles. The summed E-state index contributed by atoms with van der Waals surface area (Å²) in [6.07, 6.45) is -3.12. The number of benzene rings is 2. The van der Waals surface area contributed by atoms with Crippen molar-refractivity contribution in [2.45, 2.75) is 12.9 Å². The highest BCUT2D eigenvalue weighted by Gasteiger charge is 2.32. The molecule has 0 saturated heterocycles. The topological polar surface area (TPSA) is 72.5 Å². The van der Waals surface area contributed by atoms with E-state index in [0.717, 1.165) is 16.5 Å². The molecule has 0 fully saturated rings. The normalized spacial score (nSPS) is 11.7. The third-order valence-electron chi connectivity index (χ3n) is 3.53. The second-order valence-corrected chi connectivity index (χ2v) is 5.36. The predicted octanol–water partition coefficient (Wildman–Crippen LogP) is 4.68. The van der Waals surface area contributed by atoms with Crippen LogP contribution in [0.5, 0.6) is 5.75 Å². The number of hydrogen-bond acceptors (Lipinski definition) is 3. The number of fused-ring (bicyclic) bond motifs is 1. The summed E-state index contributed by atoms with van der Waals surface area (Å²) in [7, 11) is 0. The maximum absolute atomic E-state index is 12.5. The highest BCUT2D eigenvalue weighted by atomic mass is 127. The van der Waals surface area contributed by atoms with Crippen molar-refractivity contribution in [1.82, 2.24) is 4.98 Å². The third kappa shape index (κ3) is 5.71. The van der Waals surface area contributed by atoms with Crippen LogP contribution in [-0.2, 0) is 6.54 Å². The molecular formula is C18H16F3IN4O. The molecule has 0 amide bonds. The molecule has 0 spiro atoms. The molecule has 0 saturated carbocycles. The van der Waals surface area contributed by atoms with E-state index in [1.54, 1.807) is 12.3 Å². The minimum atomic E-state index is -4.79. The largest absolute Gasteiger partial charge is 0.573 e. The summed E-state index contributed by atoms with van der Waals surface area (Å²) in [5.41, 5.74) is 7.62. The number of pyridine rings is 1. The molecule has 9 heteroatoms. The van der Waals surface area contributed by atoms with Crippen molar-refractivity contribution in [1.29, 1.82) is 0 Å². The van der Waals surface area contributed by atoms with E-state index >= 15 is 0 Å². The van der Waals surface area contributed by atoms with Crippen molar-refractivity contribution < 1.29 is 17.9 Å². The molecule has 0 atom stereocenters. The molecule has 2 aromatic carbocycles. The zero-order chi connectivity index (χ0) is 18.6. The zero-order valence-electron chi connectivity index (χ0n) is 13.9. The van der Waals surface area contributed by atoms with Crippen LogP contribution in [0.15, 0.2) is 65.8 Å². The van der Waals surface area contributed by atoms with Crippen molar-refractivity contribution in [3.05, 3.63) is 66.4 Å². The van der Waals surface area contributed by atoms with E-state index in [2.05, 4.69) is 20.0 Å². The molecule has 0 aliphatic rings. The van der Waals surface area contributed by atoms with Gasteiger partial charge in [0.25, 0.3) is 0 Å². The first-order valence-electron chi connectivity index (χ1n) is 7.67. The summed E-state index contributed by atoms with van der Waals surface area (Å²) in [6.45, 7) is 0.254. The van der Waals surface area contributed by atoms with Gasteiger partial charge < -0.3 is 15.8 Å². The SMILES string of the molecule is I.NC(=NCc1ccnc2ccccc12)Nc1ccccc1OC(F)(F)F. The molecule has 3 N–H and O–H groups in total. The van der Waals surface area contributed by atoms with Crippen LogP contribution in [0.3, 0.4) is 0 Å². The highest BCUT2D eigenvalue weighted by Crippen LogP contribution is 2.29.